The fourth-order valence-corrected chi connectivity index (χ4v) is 7.28. The standard InChI is InChI=1S/C28H22N6O3S2/c1-18-5-7-21(8-6-18)39(36,37)34-16-23(22-9-11-30-32-25(22)34)26-31-24(17-38-26)19-3-2-4-20(15-19)28(35)10-13-33-14-12-29-27(28)33/h2-9,11-12,14-17,35H,10,13H2,1H3. The minimum atomic E-state index is -3.90. The Balaban J connectivity index is 1.29. The van der Waals surface area contributed by atoms with Gasteiger partial charge in [0.05, 0.1) is 16.8 Å². The highest BCUT2D eigenvalue weighted by molar-refractivity contribution is 7.90. The van der Waals surface area contributed by atoms with Crippen LogP contribution < -0.4 is 0 Å². The molecule has 4 aromatic heterocycles. The molecule has 0 bridgehead atoms. The summed E-state index contributed by atoms with van der Waals surface area (Å²) < 4.78 is 30.2. The molecule has 0 radical (unpaired) electrons. The van der Waals surface area contributed by atoms with E-state index in [4.69, 9.17) is 4.98 Å². The first kappa shape index (κ1) is 23.9. The predicted molar refractivity (Wildman–Crippen MR) is 148 cm³/mol. The monoisotopic (exact) mass is 554 g/mol. The van der Waals surface area contributed by atoms with Crippen LogP contribution in [0.3, 0.4) is 0 Å². The molecule has 1 unspecified atom stereocenters. The topological polar surface area (TPSA) is 116 Å². The van der Waals surface area contributed by atoms with E-state index in [1.807, 2.05) is 47.3 Å². The van der Waals surface area contributed by atoms with Gasteiger partial charge in [-0.3, -0.25) is 0 Å². The molecule has 0 amide bonds. The second-order valence-corrected chi connectivity index (χ2v) is 12.3. The van der Waals surface area contributed by atoms with Gasteiger partial charge >= 0.3 is 0 Å². The van der Waals surface area contributed by atoms with E-state index in [1.54, 1.807) is 48.9 Å². The maximum atomic E-state index is 13.5. The first-order chi connectivity index (χ1) is 18.8. The summed E-state index contributed by atoms with van der Waals surface area (Å²) in [7, 11) is -3.90. The van der Waals surface area contributed by atoms with Gasteiger partial charge in [-0.15, -0.1) is 16.4 Å². The van der Waals surface area contributed by atoms with E-state index >= 15 is 0 Å². The molecule has 11 heteroatoms. The van der Waals surface area contributed by atoms with E-state index < -0.39 is 15.6 Å². The smallest absolute Gasteiger partial charge is 0.269 e. The molecule has 39 heavy (non-hydrogen) atoms. The summed E-state index contributed by atoms with van der Waals surface area (Å²) in [6, 6.07) is 16.2. The molecule has 1 N–H and O–H groups in total. The summed E-state index contributed by atoms with van der Waals surface area (Å²) in [5.41, 5.74) is 3.04. The van der Waals surface area contributed by atoms with E-state index in [0.717, 1.165) is 22.4 Å². The lowest BCUT2D eigenvalue weighted by Crippen LogP contribution is -2.25. The maximum Gasteiger partial charge on any atom is 0.269 e. The van der Waals surface area contributed by atoms with E-state index in [9.17, 15) is 13.5 Å². The third-order valence-electron chi connectivity index (χ3n) is 7.19. The van der Waals surface area contributed by atoms with Crippen LogP contribution in [0.15, 0.2) is 89.7 Å². The lowest BCUT2D eigenvalue weighted by Gasteiger charge is -2.22. The fraction of sp³-hybridized carbons (Fsp3) is 0.143. The average molecular weight is 555 g/mol. The Kier molecular flexibility index (Phi) is 5.31. The van der Waals surface area contributed by atoms with Gasteiger partial charge < -0.3 is 9.67 Å². The summed E-state index contributed by atoms with van der Waals surface area (Å²) in [4.78, 5) is 9.42. The second kappa shape index (κ2) is 8.67. The zero-order valence-electron chi connectivity index (χ0n) is 20.8. The number of hydrogen-bond donors (Lipinski definition) is 1. The molecule has 0 saturated heterocycles. The molecule has 1 aliphatic rings. The lowest BCUT2D eigenvalue weighted by molar-refractivity contribution is 0.0786. The van der Waals surface area contributed by atoms with Gasteiger partial charge in [0.1, 0.15) is 16.4 Å². The third kappa shape index (κ3) is 3.73. The quantitative estimate of drug-likeness (QED) is 0.331. The zero-order chi connectivity index (χ0) is 26.8. The van der Waals surface area contributed by atoms with Crippen LogP contribution in [0.2, 0.25) is 0 Å². The number of aromatic nitrogens is 6. The average Bonchev–Trinajstić information content (AvgIpc) is 3.74. The zero-order valence-corrected chi connectivity index (χ0v) is 22.4. The van der Waals surface area contributed by atoms with Crippen molar-refractivity contribution < 1.29 is 13.5 Å². The van der Waals surface area contributed by atoms with E-state index in [-0.39, 0.29) is 10.5 Å². The molecule has 0 fully saturated rings. The Morgan fingerprint density at radius 3 is 2.77 bits per heavy atom. The first-order valence-electron chi connectivity index (χ1n) is 12.3. The number of fused-ring (bicyclic) bond motifs is 2. The van der Waals surface area contributed by atoms with Crippen molar-refractivity contribution >= 4 is 32.4 Å². The molecule has 9 nitrogen and oxygen atoms in total. The molecule has 0 aliphatic carbocycles. The molecule has 5 heterocycles. The summed E-state index contributed by atoms with van der Waals surface area (Å²) in [5.74, 6) is 0.641. The van der Waals surface area contributed by atoms with Gasteiger partial charge in [-0.1, -0.05) is 35.9 Å². The number of imidazole rings is 1. The number of benzene rings is 2. The van der Waals surface area contributed by atoms with Crippen molar-refractivity contribution in [2.24, 2.45) is 0 Å². The summed E-state index contributed by atoms with van der Waals surface area (Å²) in [6.07, 6.45) is 7.24. The van der Waals surface area contributed by atoms with Crippen LogP contribution in [0.1, 0.15) is 23.4 Å². The highest BCUT2D eigenvalue weighted by Crippen LogP contribution is 2.40. The van der Waals surface area contributed by atoms with Gasteiger partial charge in [0.2, 0.25) is 0 Å². The molecular formula is C28H22N6O3S2. The predicted octanol–water partition coefficient (Wildman–Crippen LogP) is 4.60. The summed E-state index contributed by atoms with van der Waals surface area (Å²) in [5, 5.41) is 22.8. The van der Waals surface area contributed by atoms with Gasteiger partial charge in [-0.2, -0.15) is 5.10 Å². The van der Waals surface area contributed by atoms with Crippen LogP contribution in [0.4, 0.5) is 0 Å². The SMILES string of the molecule is Cc1ccc(S(=O)(=O)n2cc(-c3nc(-c4cccc(C5(O)CCn6ccnc65)c4)cs3)c3ccnnc32)cc1. The van der Waals surface area contributed by atoms with E-state index in [0.29, 0.717) is 34.7 Å². The van der Waals surface area contributed by atoms with Gasteiger partial charge in [0, 0.05) is 53.4 Å². The highest BCUT2D eigenvalue weighted by atomic mass is 32.2. The molecule has 6 aromatic rings. The molecular weight excluding hydrogens is 532 g/mol. The highest BCUT2D eigenvalue weighted by Gasteiger charge is 2.40. The molecule has 1 atom stereocenters. The number of rotatable bonds is 5. The van der Waals surface area contributed by atoms with Crippen molar-refractivity contribution in [1.29, 1.82) is 0 Å². The van der Waals surface area contributed by atoms with Crippen LogP contribution in [-0.2, 0) is 22.2 Å². The summed E-state index contributed by atoms with van der Waals surface area (Å²) >= 11 is 1.41. The largest absolute Gasteiger partial charge is 0.377 e. The number of aliphatic hydroxyl groups is 1. The van der Waals surface area contributed by atoms with Crippen molar-refractivity contribution in [1.82, 2.24) is 28.7 Å². The van der Waals surface area contributed by atoms with Crippen LogP contribution in [-0.4, -0.2) is 42.2 Å². The molecule has 7 rings (SSSR count). The Morgan fingerprint density at radius 2 is 1.92 bits per heavy atom. The fourth-order valence-electron chi connectivity index (χ4n) is 5.11. The Labute approximate surface area is 228 Å². The third-order valence-corrected chi connectivity index (χ3v) is 9.73. The second-order valence-electron chi connectivity index (χ2n) is 9.60. The summed E-state index contributed by atoms with van der Waals surface area (Å²) in [6.45, 7) is 2.61. The van der Waals surface area contributed by atoms with Gasteiger partial charge in [-0.05, 0) is 36.8 Å². The van der Waals surface area contributed by atoms with Crippen molar-refractivity contribution in [3.05, 3.63) is 102 Å². The molecule has 0 spiro atoms. The lowest BCUT2D eigenvalue weighted by atomic mass is 9.90. The Bertz CT molecular complexity index is 1970. The molecule has 1 aliphatic heterocycles. The Hall–Kier alpha value is -4.19. The van der Waals surface area contributed by atoms with Crippen LogP contribution in [0.25, 0.3) is 32.9 Å². The normalized spacial score (nSPS) is 17.1. The van der Waals surface area contributed by atoms with Crippen molar-refractivity contribution in [2.75, 3.05) is 0 Å². The van der Waals surface area contributed by atoms with Gasteiger partial charge in [0.25, 0.3) is 10.0 Å². The number of nitrogens with zero attached hydrogens (tertiary/aromatic N) is 6. The van der Waals surface area contributed by atoms with Crippen LogP contribution >= 0.6 is 11.3 Å². The van der Waals surface area contributed by atoms with Crippen LogP contribution in [0.5, 0.6) is 0 Å². The number of hydrogen-bond acceptors (Lipinski definition) is 8. The first-order valence-corrected chi connectivity index (χ1v) is 14.6. The molecule has 2 aromatic carbocycles. The number of thiazole rings is 1. The van der Waals surface area contributed by atoms with Crippen LogP contribution in [0, 0.1) is 6.92 Å². The van der Waals surface area contributed by atoms with Gasteiger partial charge in [-0.25, -0.2) is 22.4 Å². The van der Waals surface area contributed by atoms with Crippen molar-refractivity contribution in [2.45, 2.75) is 30.4 Å². The Morgan fingerprint density at radius 1 is 1.08 bits per heavy atom. The van der Waals surface area contributed by atoms with Crippen molar-refractivity contribution in [3.63, 3.8) is 0 Å². The van der Waals surface area contributed by atoms with E-state index in [2.05, 4.69) is 15.2 Å². The molecule has 194 valence electrons. The van der Waals surface area contributed by atoms with Crippen molar-refractivity contribution in [3.8, 4) is 21.8 Å². The van der Waals surface area contributed by atoms with E-state index in [1.165, 1.54) is 15.3 Å². The van der Waals surface area contributed by atoms with Gasteiger partial charge in [0.15, 0.2) is 5.65 Å². The number of aryl methyl sites for hydroxylation is 2. The molecule has 0 saturated carbocycles. The minimum absolute atomic E-state index is 0.171. The maximum absolute atomic E-state index is 13.5. The minimum Gasteiger partial charge on any atom is -0.377 e.